The monoisotopic (exact) mass is 1160 g/mol. The number of hydrogen-bond acceptors (Lipinski definition) is 5. The van der Waals surface area contributed by atoms with Gasteiger partial charge in [0, 0.05) is 50.6 Å². The number of fused-ring (bicyclic) bond motifs is 4. The Kier molecular flexibility index (Phi) is 13.2. The molecule has 0 N–H and O–H groups in total. The Bertz CT molecular complexity index is 4390. The van der Waals surface area contributed by atoms with Crippen LogP contribution in [0.25, 0.3) is 56.4 Å². The van der Waals surface area contributed by atoms with Gasteiger partial charge in [0.25, 0.3) is 0 Å². The molecule has 0 aliphatic carbocycles. The average molecular weight is 1160 g/mol. The fraction of sp³-hybridized carbons (Fsp3) is 0. The second-order valence-electron chi connectivity index (χ2n) is 22.5. The van der Waals surface area contributed by atoms with Crippen LogP contribution < -0.4 is 51.3 Å². The highest BCUT2D eigenvalue weighted by atomic mass is 28.3. The standard InChI is InChI=1S/C81H57N5Si2/c1-8-32-58(33-9-1)65-46-30-48-67(77(65)85-69-50-22-26-54-73(69)87(61-38-14-4-15-39-61,62-40-16-5-17-41-62)74-55-27-23-51-70(74)85)80-82-79(60-36-12-3-13-37-60)83-81(84-80)68-49-31-47-66(59-34-10-2-11-35-59)78(68)86-71-52-24-28-56-75(71)88(63-42-18-6-19-43-63,64-44-20-7-21-45-64)76-57-29-25-53-72(76)86/h1-57H. The number of anilines is 6. The van der Waals surface area contributed by atoms with Crippen molar-refractivity contribution in [2.45, 2.75) is 0 Å². The number of hydrogen-bond donors (Lipinski definition) is 0. The fourth-order valence-electron chi connectivity index (χ4n) is 14.3. The van der Waals surface area contributed by atoms with E-state index in [9.17, 15) is 0 Å². The van der Waals surface area contributed by atoms with E-state index in [0.717, 1.165) is 73.1 Å². The molecule has 13 aromatic carbocycles. The van der Waals surface area contributed by atoms with Gasteiger partial charge in [0.05, 0.1) is 11.4 Å². The van der Waals surface area contributed by atoms with Crippen LogP contribution in [-0.4, -0.2) is 31.1 Å². The van der Waals surface area contributed by atoms with E-state index in [2.05, 4.69) is 350 Å². The molecule has 414 valence electrons. The van der Waals surface area contributed by atoms with Gasteiger partial charge in [-0.1, -0.05) is 309 Å². The fourth-order valence-corrected chi connectivity index (χ4v) is 24.5. The average Bonchev–Trinajstić information content (AvgIpc) is 0.861. The van der Waals surface area contributed by atoms with Crippen molar-refractivity contribution >= 4 is 91.8 Å². The number of aromatic nitrogens is 3. The van der Waals surface area contributed by atoms with E-state index in [4.69, 9.17) is 15.0 Å². The molecule has 0 radical (unpaired) electrons. The number of para-hydroxylation sites is 6. The van der Waals surface area contributed by atoms with Crippen molar-refractivity contribution in [1.82, 2.24) is 15.0 Å². The van der Waals surface area contributed by atoms with Gasteiger partial charge in [-0.2, -0.15) is 0 Å². The molecule has 5 nitrogen and oxygen atoms in total. The van der Waals surface area contributed by atoms with Crippen LogP contribution in [0.15, 0.2) is 346 Å². The van der Waals surface area contributed by atoms with Crippen LogP contribution in [0, 0.1) is 0 Å². The van der Waals surface area contributed by atoms with E-state index in [1.165, 1.54) is 41.5 Å². The minimum atomic E-state index is -2.99. The van der Waals surface area contributed by atoms with E-state index < -0.39 is 16.1 Å². The van der Waals surface area contributed by atoms with E-state index in [1.54, 1.807) is 0 Å². The first-order chi connectivity index (χ1) is 43.7. The zero-order chi connectivity index (χ0) is 58.4. The van der Waals surface area contributed by atoms with Gasteiger partial charge in [-0.3, -0.25) is 0 Å². The molecular weight excluding hydrogens is 1100 g/mol. The van der Waals surface area contributed by atoms with Gasteiger partial charge in [0.2, 0.25) is 0 Å². The van der Waals surface area contributed by atoms with Crippen molar-refractivity contribution in [3.8, 4) is 56.4 Å². The maximum absolute atomic E-state index is 5.89. The van der Waals surface area contributed by atoms with Crippen LogP contribution >= 0.6 is 0 Å². The molecule has 1 aromatic heterocycles. The highest BCUT2D eigenvalue weighted by molar-refractivity contribution is 7.22. The predicted octanol–water partition coefficient (Wildman–Crippen LogP) is 14.5. The summed E-state index contributed by atoms with van der Waals surface area (Å²) < 4.78 is 0. The van der Waals surface area contributed by atoms with Gasteiger partial charge in [0.1, 0.15) is 0 Å². The van der Waals surface area contributed by atoms with E-state index in [0.29, 0.717) is 17.5 Å². The van der Waals surface area contributed by atoms with Crippen molar-refractivity contribution in [2.75, 3.05) is 9.80 Å². The molecule has 0 spiro atoms. The molecule has 2 aliphatic heterocycles. The third-order valence-electron chi connectivity index (χ3n) is 17.9. The quantitative estimate of drug-likeness (QED) is 0.121. The van der Waals surface area contributed by atoms with E-state index in [-0.39, 0.29) is 0 Å². The molecule has 0 atom stereocenters. The molecule has 14 aromatic rings. The molecule has 0 amide bonds. The SMILES string of the molecule is c1ccc(-c2nc(-c3cccc(-c4ccccc4)c3N3c4ccccc4[Si](c4ccccc4)(c4ccccc4)c4ccccc43)nc(-c3cccc(-c4ccccc4)c3N3c4ccccc4[Si](c4ccccc4)(c4ccccc4)c4ccccc43)n2)cc1. The second-order valence-corrected chi connectivity index (χ2v) is 30.0. The number of nitrogens with zero attached hydrogens (tertiary/aromatic N) is 5. The first-order valence-electron chi connectivity index (χ1n) is 30.1. The molecule has 0 saturated heterocycles. The summed E-state index contributed by atoms with van der Waals surface area (Å²) in [6, 6.07) is 127. The molecule has 7 heteroatoms. The lowest BCUT2D eigenvalue weighted by atomic mass is 9.96. The Labute approximate surface area is 515 Å². The summed E-state index contributed by atoms with van der Waals surface area (Å²) in [6.45, 7) is 0. The first-order valence-corrected chi connectivity index (χ1v) is 34.1. The van der Waals surface area contributed by atoms with Crippen LogP contribution in [0.1, 0.15) is 0 Å². The Morgan fingerprint density at radius 3 is 0.739 bits per heavy atom. The first kappa shape index (κ1) is 52.5. The summed E-state index contributed by atoms with van der Waals surface area (Å²) in [7, 11) is -5.98. The van der Waals surface area contributed by atoms with Crippen LogP contribution in [0.3, 0.4) is 0 Å². The second kappa shape index (κ2) is 22.1. The zero-order valence-electron chi connectivity index (χ0n) is 48.1. The van der Waals surface area contributed by atoms with Gasteiger partial charge in [0.15, 0.2) is 33.6 Å². The molecule has 3 heterocycles. The lowest BCUT2D eigenvalue weighted by Crippen LogP contribution is -2.77. The summed E-state index contributed by atoms with van der Waals surface area (Å²) in [4.78, 5) is 22.2. The Hall–Kier alpha value is -11.1. The summed E-state index contributed by atoms with van der Waals surface area (Å²) in [5.74, 6) is 1.69. The lowest BCUT2D eigenvalue weighted by molar-refractivity contribution is 1.07. The molecule has 16 rings (SSSR count). The van der Waals surface area contributed by atoms with Crippen molar-refractivity contribution < 1.29 is 0 Å². The number of rotatable bonds is 11. The van der Waals surface area contributed by atoms with Gasteiger partial charge < -0.3 is 9.80 Å². The summed E-state index contributed by atoms with van der Waals surface area (Å²) in [5.41, 5.74) is 13.3. The van der Waals surface area contributed by atoms with E-state index in [1.807, 2.05) is 6.07 Å². The largest absolute Gasteiger partial charge is 0.309 e. The zero-order valence-corrected chi connectivity index (χ0v) is 50.1. The minimum Gasteiger partial charge on any atom is -0.309 e. The minimum absolute atomic E-state index is 0.557. The third-order valence-corrected chi connectivity index (χ3v) is 27.6. The van der Waals surface area contributed by atoms with Crippen molar-refractivity contribution in [1.29, 1.82) is 0 Å². The van der Waals surface area contributed by atoms with Gasteiger partial charge in [-0.25, -0.2) is 15.0 Å². The topological polar surface area (TPSA) is 45.2 Å². The van der Waals surface area contributed by atoms with Gasteiger partial charge in [-0.15, -0.1) is 0 Å². The lowest BCUT2D eigenvalue weighted by Gasteiger charge is -2.45. The highest BCUT2D eigenvalue weighted by Crippen LogP contribution is 2.50. The normalized spacial score (nSPS) is 13.4. The van der Waals surface area contributed by atoms with Gasteiger partial charge in [-0.05, 0) is 89.0 Å². The van der Waals surface area contributed by atoms with Gasteiger partial charge >= 0.3 is 0 Å². The smallest absolute Gasteiger partial charge is 0.184 e. The summed E-state index contributed by atoms with van der Waals surface area (Å²) >= 11 is 0. The summed E-state index contributed by atoms with van der Waals surface area (Å²) in [5, 5.41) is 10.5. The molecule has 0 fully saturated rings. The molecule has 0 saturated carbocycles. The van der Waals surface area contributed by atoms with Crippen LogP contribution in [-0.2, 0) is 0 Å². The van der Waals surface area contributed by atoms with Crippen LogP contribution in [0.4, 0.5) is 34.1 Å². The molecule has 88 heavy (non-hydrogen) atoms. The summed E-state index contributed by atoms with van der Waals surface area (Å²) in [6.07, 6.45) is 0. The van der Waals surface area contributed by atoms with Crippen molar-refractivity contribution in [3.05, 3.63) is 346 Å². The molecule has 0 bridgehead atoms. The van der Waals surface area contributed by atoms with Crippen LogP contribution in [0.2, 0.25) is 0 Å². The van der Waals surface area contributed by atoms with Crippen molar-refractivity contribution in [2.24, 2.45) is 0 Å². The Balaban J connectivity index is 0.989. The predicted molar refractivity (Wildman–Crippen MR) is 371 cm³/mol. The highest BCUT2D eigenvalue weighted by Gasteiger charge is 2.51. The molecule has 0 unspecified atom stereocenters. The van der Waals surface area contributed by atoms with Crippen LogP contribution in [0.5, 0.6) is 0 Å². The Morgan fingerprint density at radius 2 is 0.432 bits per heavy atom. The Morgan fingerprint density at radius 1 is 0.193 bits per heavy atom. The molecular formula is C81H57N5Si2. The number of benzene rings is 13. The van der Waals surface area contributed by atoms with E-state index >= 15 is 0 Å². The maximum atomic E-state index is 5.89. The maximum Gasteiger partial charge on any atom is 0.184 e. The van der Waals surface area contributed by atoms with Crippen molar-refractivity contribution in [3.63, 3.8) is 0 Å². The molecule has 2 aliphatic rings. The third kappa shape index (κ3) is 8.38.